The maximum absolute atomic E-state index is 15.2. The van der Waals surface area contributed by atoms with E-state index in [-0.39, 0.29) is 23.5 Å². The molecule has 3 aromatic heterocycles. The molecule has 3 saturated heterocycles. The summed E-state index contributed by atoms with van der Waals surface area (Å²) in [5.41, 5.74) is 4.64. The van der Waals surface area contributed by atoms with Gasteiger partial charge in [-0.2, -0.15) is 5.10 Å². The van der Waals surface area contributed by atoms with Crippen LogP contribution >= 0.6 is 11.6 Å². The second-order valence-electron chi connectivity index (χ2n) is 17.9. The Morgan fingerprint density at radius 1 is 0.935 bits per heavy atom. The summed E-state index contributed by atoms with van der Waals surface area (Å²) in [6, 6.07) is 12.7. The maximum atomic E-state index is 15.2. The van der Waals surface area contributed by atoms with Gasteiger partial charge in [-0.05, 0) is 79.8 Å². The van der Waals surface area contributed by atoms with Crippen LogP contribution in [0.4, 0.5) is 37.3 Å². The zero-order valence-electron chi connectivity index (χ0n) is 35.1. The van der Waals surface area contributed by atoms with Gasteiger partial charge in [0, 0.05) is 94.5 Å². The number of aryl methyl sites for hydroxylation is 2. The number of nitrogens with one attached hydrogen (secondary N) is 3. The van der Waals surface area contributed by atoms with Gasteiger partial charge >= 0.3 is 5.92 Å². The first-order valence-corrected chi connectivity index (χ1v) is 22.1. The Balaban J connectivity index is 0.777. The number of rotatable bonds is 8. The Morgan fingerprint density at radius 3 is 2.50 bits per heavy atom. The van der Waals surface area contributed by atoms with E-state index in [1.54, 1.807) is 13.2 Å². The summed E-state index contributed by atoms with van der Waals surface area (Å²) in [6.07, 6.45) is 4.91. The average molecular weight is 869 g/mol. The lowest BCUT2D eigenvalue weighted by molar-refractivity contribution is -0.134. The van der Waals surface area contributed by atoms with Gasteiger partial charge in [-0.15, -0.1) is 0 Å². The maximum Gasteiger partial charge on any atom is 0.301 e. The van der Waals surface area contributed by atoms with Crippen molar-refractivity contribution in [3.05, 3.63) is 69.7 Å². The van der Waals surface area contributed by atoms with Crippen molar-refractivity contribution in [2.24, 2.45) is 31.8 Å². The molecule has 0 radical (unpaired) electrons. The zero-order chi connectivity index (χ0) is 43.0. The number of ether oxygens (including phenoxy) is 1. The molecule has 326 valence electrons. The number of nitrogens with zero attached hydrogens (tertiary/aromatic N) is 7. The van der Waals surface area contributed by atoms with E-state index in [1.807, 2.05) is 36.0 Å². The Labute approximate surface area is 362 Å². The fourth-order valence-corrected chi connectivity index (χ4v) is 10.2. The third-order valence-corrected chi connectivity index (χ3v) is 14.1. The zero-order valence-corrected chi connectivity index (χ0v) is 35.9. The highest BCUT2D eigenvalue weighted by atomic mass is 35.5. The number of aromatic nitrogens is 4. The van der Waals surface area contributed by atoms with Crippen LogP contribution in [0.5, 0.6) is 5.75 Å². The second-order valence-corrected chi connectivity index (χ2v) is 18.3. The van der Waals surface area contributed by atoms with Gasteiger partial charge in [0.15, 0.2) is 6.61 Å². The van der Waals surface area contributed by atoms with Crippen LogP contribution in [-0.2, 0) is 23.7 Å². The highest BCUT2D eigenvalue weighted by molar-refractivity contribution is 6.33. The number of imide groups is 1. The Bertz CT molecular complexity index is 2660. The minimum Gasteiger partial charge on any atom is -0.480 e. The molecule has 4 atom stereocenters. The number of carbonyl (C=O) groups excluding carboxylic acids is 2. The number of hydrogen-bond acceptors (Lipinski definition) is 11. The van der Waals surface area contributed by atoms with E-state index in [9.17, 15) is 14.4 Å². The molecule has 14 nitrogen and oxygen atoms in total. The number of carbonyl (C=O) groups is 2. The van der Waals surface area contributed by atoms with Crippen LogP contribution in [0.2, 0.25) is 5.02 Å². The normalized spacial score (nSPS) is 24.4. The average Bonchev–Trinajstić information content (AvgIpc) is 4.06. The lowest BCUT2D eigenvalue weighted by Crippen LogP contribution is -2.50. The van der Waals surface area contributed by atoms with Crippen LogP contribution in [0.3, 0.4) is 0 Å². The standard InChI is InChI=1S/C45H51ClF2N10O4/c1-25-22-58(13-12-27(25)23-56-14-16-57(17-15-56)29-7-8-30-36(19-29)55(3)53-39(30)31-9-11-38(59)51-43(31)60)37-20-34(33(46)21-49-37)50-28-6-10-35-32(18-28)40-41(44(61)54(35)2)62-24-45(47,48)42(52-40)26-4-5-26/h6-8,10,18-21,25-27,31,42,52H,4-5,9,11-17,22-24H2,1-3H3,(H,49,50)(H,51,59,60)/t25-,27+,31?,42+/m1/s1. The summed E-state index contributed by atoms with van der Waals surface area (Å²) in [4.78, 5) is 49.7. The van der Waals surface area contributed by atoms with E-state index < -0.39 is 30.0 Å². The molecular weight excluding hydrogens is 818 g/mol. The molecule has 62 heavy (non-hydrogen) atoms. The Kier molecular flexibility index (Phi) is 10.3. The van der Waals surface area contributed by atoms with Gasteiger partial charge in [0.25, 0.3) is 5.56 Å². The smallest absolute Gasteiger partial charge is 0.301 e. The minimum absolute atomic E-state index is 0.0902. The molecule has 0 bridgehead atoms. The SMILES string of the molecule is C[C@@H]1CN(c2cc(Nc3ccc4c(c3)c3c(c(=O)n4C)OCC(F)(F)[C@H](C4CC4)N3)c(Cl)cn2)CC[C@H]1CN1CCN(c2ccc3c(C4CCC(=O)NC4=O)nn(C)c3c2)CC1. The number of hydrogen-bond donors (Lipinski definition) is 3. The summed E-state index contributed by atoms with van der Waals surface area (Å²) >= 11 is 6.72. The van der Waals surface area contributed by atoms with Crippen molar-refractivity contribution in [1.82, 2.24) is 29.5 Å². The quantitative estimate of drug-likeness (QED) is 0.153. The van der Waals surface area contributed by atoms with Gasteiger partial charge in [-0.1, -0.05) is 18.5 Å². The number of piperidine rings is 2. The van der Waals surface area contributed by atoms with Gasteiger partial charge in [-0.25, -0.2) is 13.8 Å². The first-order valence-electron chi connectivity index (χ1n) is 21.7. The van der Waals surface area contributed by atoms with E-state index in [2.05, 4.69) is 55.8 Å². The predicted octanol–water partition coefficient (Wildman–Crippen LogP) is 6.24. The Hall–Kier alpha value is -5.48. The van der Waals surface area contributed by atoms with Gasteiger partial charge in [-0.3, -0.25) is 29.3 Å². The molecule has 4 fully saturated rings. The van der Waals surface area contributed by atoms with Crippen LogP contribution in [0.15, 0.2) is 53.5 Å². The van der Waals surface area contributed by atoms with Crippen LogP contribution in [0.1, 0.15) is 50.6 Å². The summed E-state index contributed by atoms with van der Waals surface area (Å²) < 4.78 is 39.2. The first-order chi connectivity index (χ1) is 29.8. The molecular formula is C45H51ClF2N10O4. The lowest BCUT2D eigenvalue weighted by atomic mass is 9.86. The molecule has 2 amide bonds. The number of alkyl halides is 2. The molecule has 4 aliphatic heterocycles. The molecule has 1 saturated carbocycles. The van der Waals surface area contributed by atoms with E-state index in [1.165, 1.54) is 4.57 Å². The van der Waals surface area contributed by atoms with E-state index in [0.717, 1.165) is 80.3 Å². The third kappa shape index (κ3) is 7.48. The van der Waals surface area contributed by atoms with Crippen LogP contribution in [0, 0.1) is 17.8 Å². The number of fused-ring (bicyclic) bond motifs is 4. The summed E-state index contributed by atoms with van der Waals surface area (Å²) in [5, 5.41) is 15.7. The molecule has 2 aromatic carbocycles. The largest absolute Gasteiger partial charge is 0.480 e. The molecule has 3 N–H and O–H groups in total. The highest BCUT2D eigenvalue weighted by Crippen LogP contribution is 2.46. The topological polar surface area (TPSA) is 142 Å². The van der Waals surface area contributed by atoms with E-state index in [4.69, 9.17) is 26.4 Å². The summed E-state index contributed by atoms with van der Waals surface area (Å²) in [7, 11) is 3.53. The molecule has 0 spiro atoms. The van der Waals surface area contributed by atoms with Gasteiger partial charge in [0.05, 0.1) is 51.3 Å². The van der Waals surface area contributed by atoms with Crippen molar-refractivity contribution in [2.75, 3.05) is 72.9 Å². The molecule has 5 aliphatic rings. The van der Waals surface area contributed by atoms with Gasteiger partial charge in [0.1, 0.15) is 5.82 Å². The van der Waals surface area contributed by atoms with Crippen LogP contribution in [-0.4, -0.2) is 100 Å². The molecule has 1 aliphatic carbocycles. The van der Waals surface area contributed by atoms with Crippen molar-refractivity contribution in [3.8, 4) is 5.75 Å². The summed E-state index contributed by atoms with van der Waals surface area (Å²) in [5.74, 6) is -2.50. The number of pyridine rings is 2. The fourth-order valence-electron chi connectivity index (χ4n) is 10.0. The summed E-state index contributed by atoms with van der Waals surface area (Å²) in [6.45, 7) is 8.01. The molecule has 17 heteroatoms. The molecule has 7 heterocycles. The third-order valence-electron chi connectivity index (χ3n) is 13.8. The minimum atomic E-state index is -3.12. The van der Waals surface area contributed by atoms with Gasteiger partial charge in [0.2, 0.25) is 17.6 Å². The van der Waals surface area contributed by atoms with Crippen molar-refractivity contribution in [3.63, 3.8) is 0 Å². The van der Waals surface area contributed by atoms with Gasteiger partial charge < -0.3 is 29.7 Å². The van der Waals surface area contributed by atoms with Crippen molar-refractivity contribution < 1.29 is 23.1 Å². The fraction of sp³-hybridized carbons (Fsp3) is 0.489. The predicted molar refractivity (Wildman–Crippen MR) is 236 cm³/mol. The highest BCUT2D eigenvalue weighted by Gasteiger charge is 2.51. The lowest BCUT2D eigenvalue weighted by Gasteiger charge is -2.42. The number of amides is 2. The Morgan fingerprint density at radius 2 is 1.74 bits per heavy atom. The van der Waals surface area contributed by atoms with Crippen molar-refractivity contribution >= 4 is 73.8 Å². The first kappa shape index (κ1) is 40.6. The monoisotopic (exact) mass is 868 g/mol. The molecule has 10 rings (SSSR count). The second kappa shape index (κ2) is 15.7. The van der Waals surface area contributed by atoms with E-state index in [0.29, 0.717) is 70.5 Å². The number of halogens is 3. The number of benzene rings is 2. The van der Waals surface area contributed by atoms with Crippen molar-refractivity contribution in [2.45, 2.75) is 56.9 Å². The van der Waals surface area contributed by atoms with Crippen LogP contribution < -0.4 is 36.0 Å². The van der Waals surface area contributed by atoms with E-state index >= 15 is 8.78 Å². The van der Waals surface area contributed by atoms with Crippen LogP contribution in [0.25, 0.3) is 21.8 Å². The molecule has 1 unspecified atom stereocenters. The number of piperazine rings is 1. The van der Waals surface area contributed by atoms with Crippen molar-refractivity contribution in [1.29, 1.82) is 0 Å². The number of anilines is 5. The molecule has 5 aromatic rings.